The van der Waals surface area contributed by atoms with Gasteiger partial charge in [0, 0.05) is 24.0 Å². The van der Waals surface area contributed by atoms with Gasteiger partial charge in [0.25, 0.3) is 0 Å². The Kier molecular flexibility index (Phi) is 3.84. The monoisotopic (exact) mass is 258 g/mol. The van der Waals surface area contributed by atoms with E-state index in [9.17, 15) is 4.79 Å². The van der Waals surface area contributed by atoms with Crippen molar-refractivity contribution in [3.8, 4) is 0 Å². The number of nitrogens with zero attached hydrogens (tertiary/aromatic N) is 1. The Morgan fingerprint density at radius 3 is 3.06 bits per heavy atom. The summed E-state index contributed by atoms with van der Waals surface area (Å²) < 4.78 is 0.734. The highest BCUT2D eigenvalue weighted by atomic mass is 35.5. The first kappa shape index (κ1) is 11.9. The lowest BCUT2D eigenvalue weighted by atomic mass is 10.1. The summed E-state index contributed by atoms with van der Waals surface area (Å²) in [5.74, 6) is 0.161. The smallest absolute Gasteiger partial charge is 0.227 e. The molecule has 16 heavy (non-hydrogen) atoms. The van der Waals surface area contributed by atoms with Crippen LogP contribution in [0.2, 0.25) is 4.34 Å². The van der Waals surface area contributed by atoms with Crippen molar-refractivity contribution in [3.05, 3.63) is 21.3 Å². The molecule has 5 heteroatoms. The van der Waals surface area contributed by atoms with Crippen molar-refractivity contribution in [2.45, 2.75) is 25.3 Å². The van der Waals surface area contributed by atoms with Gasteiger partial charge in [-0.15, -0.1) is 11.3 Å². The normalized spacial score (nSPS) is 21.1. The standard InChI is InChI=1S/C11H15ClN2OS/c12-10-4-3-9(16-10)6-11(15)14-5-1-2-8(13)7-14/h3-4,8H,1-2,5-7,13H2. The Labute approximate surface area is 104 Å². The molecule has 1 aromatic heterocycles. The predicted molar refractivity (Wildman–Crippen MR) is 66.8 cm³/mol. The van der Waals surface area contributed by atoms with E-state index in [1.165, 1.54) is 11.3 Å². The minimum absolute atomic E-state index is 0.143. The minimum atomic E-state index is 0.143. The molecular formula is C11H15ClN2OS. The molecule has 1 atom stereocenters. The molecule has 0 saturated carbocycles. The Morgan fingerprint density at radius 2 is 2.44 bits per heavy atom. The fourth-order valence-corrected chi connectivity index (χ4v) is 3.02. The number of thiophene rings is 1. The van der Waals surface area contributed by atoms with Crippen molar-refractivity contribution < 1.29 is 4.79 Å². The molecule has 88 valence electrons. The van der Waals surface area contributed by atoms with Crippen LogP contribution in [0.1, 0.15) is 17.7 Å². The average Bonchev–Trinajstić information content (AvgIpc) is 2.64. The molecule has 0 spiro atoms. The van der Waals surface area contributed by atoms with Gasteiger partial charge < -0.3 is 10.6 Å². The molecule has 2 N–H and O–H groups in total. The zero-order valence-corrected chi connectivity index (χ0v) is 10.6. The van der Waals surface area contributed by atoms with Gasteiger partial charge >= 0.3 is 0 Å². The highest BCUT2D eigenvalue weighted by Gasteiger charge is 2.21. The molecule has 0 bridgehead atoms. The number of carbonyl (C=O) groups excluding carboxylic acids is 1. The van der Waals surface area contributed by atoms with Crippen LogP contribution >= 0.6 is 22.9 Å². The molecule has 3 nitrogen and oxygen atoms in total. The number of halogens is 1. The highest BCUT2D eigenvalue weighted by molar-refractivity contribution is 7.16. The van der Waals surface area contributed by atoms with E-state index in [4.69, 9.17) is 17.3 Å². The summed E-state index contributed by atoms with van der Waals surface area (Å²) in [4.78, 5) is 14.8. The van der Waals surface area contributed by atoms with Gasteiger partial charge in [-0.1, -0.05) is 11.6 Å². The minimum Gasteiger partial charge on any atom is -0.341 e. The van der Waals surface area contributed by atoms with E-state index in [-0.39, 0.29) is 11.9 Å². The van der Waals surface area contributed by atoms with Crippen molar-refractivity contribution in [3.63, 3.8) is 0 Å². The Morgan fingerprint density at radius 1 is 1.62 bits per heavy atom. The van der Waals surface area contributed by atoms with E-state index in [2.05, 4.69) is 0 Å². The molecule has 1 aliphatic heterocycles. The molecule has 1 unspecified atom stereocenters. The summed E-state index contributed by atoms with van der Waals surface area (Å²) in [7, 11) is 0. The molecule has 2 heterocycles. The Bertz CT molecular complexity index is 380. The van der Waals surface area contributed by atoms with Gasteiger partial charge in [0.05, 0.1) is 10.8 Å². The van der Waals surface area contributed by atoms with E-state index in [0.717, 1.165) is 28.6 Å². The van der Waals surface area contributed by atoms with E-state index >= 15 is 0 Å². The highest BCUT2D eigenvalue weighted by Crippen LogP contribution is 2.22. The van der Waals surface area contributed by atoms with E-state index in [1.54, 1.807) is 0 Å². The van der Waals surface area contributed by atoms with Gasteiger partial charge in [0.15, 0.2) is 0 Å². The van der Waals surface area contributed by atoms with Crippen LogP contribution < -0.4 is 5.73 Å². The number of piperidine rings is 1. The van der Waals surface area contributed by atoms with E-state index in [1.807, 2.05) is 17.0 Å². The van der Waals surface area contributed by atoms with Crippen molar-refractivity contribution in [2.24, 2.45) is 5.73 Å². The number of hydrogen-bond donors (Lipinski definition) is 1. The van der Waals surface area contributed by atoms with E-state index < -0.39 is 0 Å². The summed E-state index contributed by atoms with van der Waals surface area (Å²) in [6.07, 6.45) is 2.48. The number of rotatable bonds is 2. The lowest BCUT2D eigenvalue weighted by Crippen LogP contribution is -2.46. The fourth-order valence-electron chi connectivity index (χ4n) is 1.94. The largest absolute Gasteiger partial charge is 0.341 e. The average molecular weight is 259 g/mol. The van der Waals surface area contributed by atoms with Crippen molar-refractivity contribution >= 4 is 28.8 Å². The quantitative estimate of drug-likeness (QED) is 0.881. The maximum atomic E-state index is 12.0. The molecule has 0 radical (unpaired) electrons. The SMILES string of the molecule is NC1CCCN(C(=O)Cc2ccc(Cl)s2)C1. The van der Waals surface area contributed by atoms with Crippen LogP contribution in [0, 0.1) is 0 Å². The number of hydrogen-bond acceptors (Lipinski definition) is 3. The summed E-state index contributed by atoms with van der Waals surface area (Å²) in [5, 5.41) is 0. The zero-order chi connectivity index (χ0) is 11.5. The van der Waals surface area contributed by atoms with Crippen molar-refractivity contribution in [1.29, 1.82) is 0 Å². The van der Waals surface area contributed by atoms with Crippen LogP contribution in [0.5, 0.6) is 0 Å². The molecule has 1 saturated heterocycles. The first-order chi connectivity index (χ1) is 7.65. The second-order valence-electron chi connectivity index (χ2n) is 4.12. The van der Waals surface area contributed by atoms with Crippen molar-refractivity contribution in [1.82, 2.24) is 4.90 Å². The van der Waals surface area contributed by atoms with Crippen LogP contribution in [0.15, 0.2) is 12.1 Å². The maximum Gasteiger partial charge on any atom is 0.227 e. The first-order valence-corrected chi connectivity index (χ1v) is 6.62. The van der Waals surface area contributed by atoms with Crippen LogP contribution in [-0.4, -0.2) is 29.9 Å². The van der Waals surface area contributed by atoms with Gasteiger partial charge in [-0.25, -0.2) is 0 Å². The fraction of sp³-hybridized carbons (Fsp3) is 0.545. The van der Waals surface area contributed by atoms with Crippen LogP contribution in [0.3, 0.4) is 0 Å². The van der Waals surface area contributed by atoms with Gasteiger partial charge in [-0.05, 0) is 25.0 Å². The van der Waals surface area contributed by atoms with Crippen LogP contribution in [-0.2, 0) is 11.2 Å². The topological polar surface area (TPSA) is 46.3 Å². The number of likely N-dealkylation sites (tertiary alicyclic amines) is 1. The second-order valence-corrected chi connectivity index (χ2v) is 5.92. The molecule has 2 rings (SSSR count). The first-order valence-electron chi connectivity index (χ1n) is 5.43. The predicted octanol–water partition coefficient (Wildman–Crippen LogP) is 1.89. The Balaban J connectivity index is 1.92. The van der Waals surface area contributed by atoms with Crippen LogP contribution in [0.25, 0.3) is 0 Å². The van der Waals surface area contributed by atoms with E-state index in [0.29, 0.717) is 13.0 Å². The number of amides is 1. The zero-order valence-electron chi connectivity index (χ0n) is 8.99. The molecule has 1 fully saturated rings. The summed E-state index contributed by atoms with van der Waals surface area (Å²) in [6, 6.07) is 3.88. The Hall–Kier alpha value is -0.580. The van der Waals surface area contributed by atoms with Gasteiger partial charge in [-0.2, -0.15) is 0 Å². The number of carbonyl (C=O) groups is 1. The maximum absolute atomic E-state index is 12.0. The summed E-state index contributed by atoms with van der Waals surface area (Å²) in [6.45, 7) is 1.53. The summed E-state index contributed by atoms with van der Waals surface area (Å²) in [5.41, 5.74) is 5.85. The second kappa shape index (κ2) is 5.17. The van der Waals surface area contributed by atoms with Gasteiger partial charge in [0.2, 0.25) is 5.91 Å². The molecule has 1 aliphatic rings. The van der Waals surface area contributed by atoms with Crippen molar-refractivity contribution in [2.75, 3.05) is 13.1 Å². The molecule has 0 aromatic carbocycles. The molecule has 1 amide bonds. The molecule has 0 aliphatic carbocycles. The third kappa shape index (κ3) is 2.97. The van der Waals surface area contributed by atoms with Crippen LogP contribution in [0.4, 0.5) is 0 Å². The third-order valence-electron chi connectivity index (χ3n) is 2.76. The molecular weight excluding hydrogens is 244 g/mol. The number of nitrogens with two attached hydrogens (primary N) is 1. The third-order valence-corrected chi connectivity index (χ3v) is 4.00. The lowest BCUT2D eigenvalue weighted by Gasteiger charge is -2.30. The molecule has 1 aromatic rings. The lowest BCUT2D eigenvalue weighted by molar-refractivity contribution is -0.131. The van der Waals surface area contributed by atoms with Gasteiger partial charge in [0.1, 0.15) is 0 Å². The summed E-state index contributed by atoms with van der Waals surface area (Å²) >= 11 is 7.29. The van der Waals surface area contributed by atoms with Gasteiger partial charge in [-0.3, -0.25) is 4.79 Å².